The molecule has 2 aromatic carbocycles. The van der Waals surface area contributed by atoms with Crippen molar-refractivity contribution in [3.05, 3.63) is 54.1 Å². The van der Waals surface area contributed by atoms with Crippen LogP contribution in [0.25, 0.3) is 0 Å². The number of sulfonamides is 1. The van der Waals surface area contributed by atoms with Crippen LogP contribution in [0.3, 0.4) is 0 Å². The molecule has 1 saturated heterocycles. The van der Waals surface area contributed by atoms with Crippen LogP contribution in [0.15, 0.2) is 53.4 Å². The van der Waals surface area contributed by atoms with E-state index in [9.17, 15) is 18.0 Å². The van der Waals surface area contributed by atoms with Gasteiger partial charge < -0.3 is 10.6 Å². The first-order valence-corrected chi connectivity index (χ1v) is 12.9. The molecular weight excluding hydrogens is 448 g/mol. The van der Waals surface area contributed by atoms with Gasteiger partial charge in [-0.25, -0.2) is 8.42 Å². The van der Waals surface area contributed by atoms with Crippen molar-refractivity contribution in [2.75, 3.05) is 48.8 Å². The summed E-state index contributed by atoms with van der Waals surface area (Å²) in [7, 11) is -2.49. The van der Waals surface area contributed by atoms with Gasteiger partial charge in [0.1, 0.15) is 0 Å². The molecule has 0 spiro atoms. The molecule has 8 nitrogen and oxygen atoms in total. The topological polar surface area (TPSA) is 98.8 Å². The van der Waals surface area contributed by atoms with Crippen LogP contribution < -0.4 is 10.6 Å². The van der Waals surface area contributed by atoms with Crippen molar-refractivity contribution in [3.8, 4) is 0 Å². The van der Waals surface area contributed by atoms with Crippen LogP contribution in [0, 0.1) is 0 Å². The SMILES string of the molecule is CC(=O)Nc1ccc(S(=O)(=O)N(C)CC(=O)Nc2cccc(CN3CCSCC3)c2)cc1. The molecule has 0 atom stereocenters. The van der Waals surface area contributed by atoms with Gasteiger partial charge in [-0.1, -0.05) is 12.1 Å². The third-order valence-corrected chi connectivity index (χ3v) is 7.73. The predicted molar refractivity (Wildman–Crippen MR) is 128 cm³/mol. The molecule has 0 aliphatic carbocycles. The standard InChI is InChI=1S/C22H28N4O4S2/c1-17(27)23-19-6-8-21(9-7-19)32(29,30)25(2)16-22(28)24-20-5-3-4-18(14-20)15-26-10-12-31-13-11-26/h3-9,14H,10-13,15-16H2,1-2H3,(H,23,27)(H,24,28). The molecule has 1 fully saturated rings. The Morgan fingerprint density at radius 2 is 1.72 bits per heavy atom. The van der Waals surface area contributed by atoms with Crippen LogP contribution in [-0.4, -0.2) is 67.6 Å². The van der Waals surface area contributed by atoms with E-state index in [1.165, 1.54) is 38.2 Å². The number of carbonyl (C=O) groups is 2. The summed E-state index contributed by atoms with van der Waals surface area (Å²) in [6.07, 6.45) is 0. The van der Waals surface area contributed by atoms with Crippen molar-refractivity contribution >= 4 is 45.0 Å². The van der Waals surface area contributed by atoms with E-state index in [0.717, 1.165) is 41.0 Å². The minimum Gasteiger partial charge on any atom is -0.326 e. The third kappa shape index (κ3) is 6.80. The highest BCUT2D eigenvalue weighted by Crippen LogP contribution is 2.19. The molecule has 32 heavy (non-hydrogen) atoms. The zero-order valence-corrected chi connectivity index (χ0v) is 19.8. The second-order valence-electron chi connectivity index (χ2n) is 7.60. The molecule has 2 aromatic rings. The van der Waals surface area contributed by atoms with Crippen LogP contribution in [0.5, 0.6) is 0 Å². The van der Waals surface area contributed by atoms with E-state index in [1.807, 2.05) is 30.0 Å². The van der Waals surface area contributed by atoms with Crippen LogP contribution in [0.1, 0.15) is 12.5 Å². The summed E-state index contributed by atoms with van der Waals surface area (Å²) in [4.78, 5) is 26.0. The van der Waals surface area contributed by atoms with E-state index in [1.54, 1.807) is 6.07 Å². The van der Waals surface area contributed by atoms with Crippen LogP contribution in [0.4, 0.5) is 11.4 Å². The minimum atomic E-state index is -3.85. The first kappa shape index (κ1) is 24.2. The Balaban J connectivity index is 1.59. The van der Waals surface area contributed by atoms with Gasteiger partial charge in [0.2, 0.25) is 21.8 Å². The highest BCUT2D eigenvalue weighted by Gasteiger charge is 2.23. The van der Waals surface area contributed by atoms with E-state index >= 15 is 0 Å². The lowest BCUT2D eigenvalue weighted by Crippen LogP contribution is -2.35. The number of anilines is 2. The molecule has 2 amide bonds. The first-order chi connectivity index (χ1) is 15.2. The second kappa shape index (κ2) is 11.0. The molecule has 0 radical (unpaired) electrons. The maximum atomic E-state index is 12.8. The quantitative estimate of drug-likeness (QED) is 0.607. The molecule has 0 bridgehead atoms. The second-order valence-corrected chi connectivity index (χ2v) is 10.9. The van der Waals surface area contributed by atoms with Crippen molar-refractivity contribution in [2.45, 2.75) is 18.4 Å². The molecule has 1 heterocycles. The molecule has 1 aliphatic heterocycles. The Kier molecular flexibility index (Phi) is 8.30. The molecule has 0 saturated carbocycles. The summed E-state index contributed by atoms with van der Waals surface area (Å²) in [6, 6.07) is 13.5. The smallest absolute Gasteiger partial charge is 0.243 e. The Hall–Kier alpha value is -2.40. The van der Waals surface area contributed by atoms with Crippen molar-refractivity contribution in [3.63, 3.8) is 0 Å². The number of amides is 2. The monoisotopic (exact) mass is 476 g/mol. The molecule has 2 N–H and O–H groups in total. The Morgan fingerprint density at radius 1 is 1.03 bits per heavy atom. The summed E-state index contributed by atoms with van der Waals surface area (Å²) in [6.45, 7) is 3.99. The lowest BCUT2D eigenvalue weighted by atomic mass is 10.2. The maximum absolute atomic E-state index is 12.8. The van der Waals surface area contributed by atoms with Gasteiger partial charge in [0, 0.05) is 56.5 Å². The number of hydrogen-bond acceptors (Lipinski definition) is 6. The summed E-state index contributed by atoms with van der Waals surface area (Å²) in [5.74, 6) is 1.60. The number of nitrogens with one attached hydrogen (secondary N) is 2. The minimum absolute atomic E-state index is 0.0450. The number of thioether (sulfide) groups is 1. The fraction of sp³-hybridized carbons (Fsp3) is 0.364. The fourth-order valence-corrected chi connectivity index (χ4v) is 5.45. The molecule has 0 unspecified atom stereocenters. The predicted octanol–water partition coefficient (Wildman–Crippen LogP) is 2.45. The van der Waals surface area contributed by atoms with Crippen LogP contribution >= 0.6 is 11.8 Å². The van der Waals surface area contributed by atoms with E-state index in [2.05, 4.69) is 15.5 Å². The van der Waals surface area contributed by atoms with E-state index in [-0.39, 0.29) is 17.3 Å². The third-order valence-electron chi connectivity index (χ3n) is 4.97. The fourth-order valence-electron chi connectivity index (χ4n) is 3.35. The van der Waals surface area contributed by atoms with Gasteiger partial charge in [-0.05, 0) is 42.0 Å². The molecule has 1 aliphatic rings. The van der Waals surface area contributed by atoms with E-state index < -0.39 is 15.9 Å². The molecule has 0 aromatic heterocycles. The zero-order valence-electron chi connectivity index (χ0n) is 18.2. The number of hydrogen-bond donors (Lipinski definition) is 2. The number of carbonyl (C=O) groups excluding carboxylic acids is 2. The number of rotatable bonds is 8. The van der Waals surface area contributed by atoms with Crippen molar-refractivity contribution in [2.24, 2.45) is 0 Å². The molecule has 3 rings (SSSR count). The molecule has 10 heteroatoms. The van der Waals surface area contributed by atoms with Gasteiger partial charge in [-0.2, -0.15) is 16.1 Å². The average Bonchev–Trinajstić information content (AvgIpc) is 2.74. The first-order valence-electron chi connectivity index (χ1n) is 10.3. The summed E-state index contributed by atoms with van der Waals surface area (Å²) in [5, 5.41) is 5.38. The number of likely N-dealkylation sites (N-methyl/N-ethyl adjacent to an activating group) is 1. The Bertz CT molecular complexity index is 1050. The van der Waals surface area contributed by atoms with Crippen molar-refractivity contribution in [1.82, 2.24) is 9.21 Å². The summed E-state index contributed by atoms with van der Waals surface area (Å²) >= 11 is 1.96. The summed E-state index contributed by atoms with van der Waals surface area (Å²) in [5.41, 5.74) is 2.25. The Labute approximate surface area is 193 Å². The van der Waals surface area contributed by atoms with Gasteiger partial charge in [0.05, 0.1) is 11.4 Å². The Morgan fingerprint density at radius 3 is 2.38 bits per heavy atom. The van der Waals surface area contributed by atoms with Crippen LogP contribution in [-0.2, 0) is 26.2 Å². The molecular formula is C22H28N4O4S2. The van der Waals surface area contributed by atoms with Gasteiger partial charge in [0.25, 0.3) is 0 Å². The van der Waals surface area contributed by atoms with Crippen molar-refractivity contribution in [1.29, 1.82) is 0 Å². The number of benzene rings is 2. The summed E-state index contributed by atoms with van der Waals surface area (Å²) < 4.78 is 26.6. The highest BCUT2D eigenvalue weighted by atomic mass is 32.2. The van der Waals surface area contributed by atoms with Gasteiger partial charge in [-0.3, -0.25) is 14.5 Å². The number of nitrogens with zero attached hydrogens (tertiary/aromatic N) is 2. The van der Waals surface area contributed by atoms with Gasteiger partial charge >= 0.3 is 0 Å². The lowest BCUT2D eigenvalue weighted by molar-refractivity contribution is -0.116. The van der Waals surface area contributed by atoms with E-state index in [0.29, 0.717) is 11.4 Å². The van der Waals surface area contributed by atoms with Gasteiger partial charge in [-0.15, -0.1) is 0 Å². The van der Waals surface area contributed by atoms with E-state index in [4.69, 9.17) is 0 Å². The maximum Gasteiger partial charge on any atom is 0.243 e. The highest BCUT2D eigenvalue weighted by molar-refractivity contribution is 7.99. The zero-order chi connectivity index (χ0) is 23.1. The largest absolute Gasteiger partial charge is 0.326 e. The van der Waals surface area contributed by atoms with Crippen molar-refractivity contribution < 1.29 is 18.0 Å². The lowest BCUT2D eigenvalue weighted by Gasteiger charge is -2.26. The molecule has 172 valence electrons. The van der Waals surface area contributed by atoms with Gasteiger partial charge in [0.15, 0.2) is 0 Å². The average molecular weight is 477 g/mol. The van der Waals surface area contributed by atoms with Crippen LogP contribution in [0.2, 0.25) is 0 Å². The normalized spacial score (nSPS) is 14.8.